The zero-order valence-corrected chi connectivity index (χ0v) is 15.9. The molecular weight excluding hydrogens is 382 g/mol. The van der Waals surface area contributed by atoms with Crippen molar-refractivity contribution in [2.24, 2.45) is 0 Å². The van der Waals surface area contributed by atoms with Gasteiger partial charge in [0.1, 0.15) is 11.6 Å². The summed E-state index contributed by atoms with van der Waals surface area (Å²) in [5.41, 5.74) is 0.966. The van der Waals surface area contributed by atoms with Crippen molar-refractivity contribution in [1.29, 1.82) is 0 Å². The van der Waals surface area contributed by atoms with Gasteiger partial charge in [-0.05, 0) is 12.1 Å². The molecule has 0 atom stereocenters. The number of benzene rings is 1. The van der Waals surface area contributed by atoms with Crippen LogP contribution in [0.1, 0.15) is 0 Å². The summed E-state index contributed by atoms with van der Waals surface area (Å²) in [6.45, 7) is 5.11. The van der Waals surface area contributed by atoms with Crippen LogP contribution in [0, 0.1) is 11.6 Å². The van der Waals surface area contributed by atoms with Crippen molar-refractivity contribution in [2.45, 2.75) is 0 Å². The van der Waals surface area contributed by atoms with Crippen LogP contribution < -0.4 is 15.1 Å². The molecule has 10 heteroatoms. The van der Waals surface area contributed by atoms with Gasteiger partial charge in [-0.25, -0.2) is 13.6 Å². The summed E-state index contributed by atoms with van der Waals surface area (Å²) in [5, 5.41) is 10.8. The van der Waals surface area contributed by atoms with Gasteiger partial charge in [-0.3, -0.25) is 0 Å². The molecule has 2 aromatic rings. The van der Waals surface area contributed by atoms with Crippen LogP contribution in [-0.2, 0) is 4.74 Å². The summed E-state index contributed by atoms with van der Waals surface area (Å²) in [4.78, 5) is 18.3. The third kappa shape index (κ3) is 4.53. The van der Waals surface area contributed by atoms with E-state index in [1.165, 1.54) is 6.07 Å². The first kappa shape index (κ1) is 19.3. The fourth-order valence-corrected chi connectivity index (χ4v) is 3.42. The SMILES string of the molecule is O=C(Nc1ccc(F)cc1F)N1CCN(c2cc(N3CCOCC3)cnn2)CC1. The summed E-state index contributed by atoms with van der Waals surface area (Å²) in [6, 6.07) is 4.65. The van der Waals surface area contributed by atoms with Crippen molar-refractivity contribution in [1.82, 2.24) is 15.1 Å². The number of nitrogens with zero attached hydrogens (tertiary/aromatic N) is 5. The van der Waals surface area contributed by atoms with Gasteiger partial charge in [0.25, 0.3) is 0 Å². The quantitative estimate of drug-likeness (QED) is 0.843. The van der Waals surface area contributed by atoms with Gasteiger partial charge in [0, 0.05) is 51.4 Å². The molecule has 0 aliphatic carbocycles. The van der Waals surface area contributed by atoms with E-state index in [1.54, 1.807) is 11.1 Å². The Morgan fingerprint density at radius 3 is 2.48 bits per heavy atom. The summed E-state index contributed by atoms with van der Waals surface area (Å²) in [6.07, 6.45) is 1.75. The molecule has 1 N–H and O–H groups in total. The number of aromatic nitrogens is 2. The first-order valence-electron chi connectivity index (χ1n) is 9.51. The van der Waals surface area contributed by atoms with Gasteiger partial charge in [0.05, 0.1) is 30.8 Å². The fourth-order valence-electron chi connectivity index (χ4n) is 3.42. The van der Waals surface area contributed by atoms with Crippen LogP contribution in [0.4, 0.5) is 30.8 Å². The zero-order valence-electron chi connectivity index (χ0n) is 15.9. The molecule has 0 spiro atoms. The monoisotopic (exact) mass is 404 g/mol. The molecule has 1 aromatic carbocycles. The Kier molecular flexibility index (Phi) is 5.70. The van der Waals surface area contributed by atoms with E-state index >= 15 is 0 Å². The van der Waals surface area contributed by atoms with Crippen molar-refractivity contribution in [3.8, 4) is 0 Å². The van der Waals surface area contributed by atoms with Crippen LogP contribution in [0.5, 0.6) is 0 Å². The smallest absolute Gasteiger partial charge is 0.322 e. The molecule has 8 nitrogen and oxygen atoms in total. The van der Waals surface area contributed by atoms with Gasteiger partial charge in [0.15, 0.2) is 5.82 Å². The molecule has 2 saturated heterocycles. The number of hydrogen-bond acceptors (Lipinski definition) is 6. The molecule has 0 saturated carbocycles. The van der Waals surface area contributed by atoms with Crippen molar-refractivity contribution >= 4 is 23.2 Å². The Morgan fingerprint density at radius 1 is 1.00 bits per heavy atom. The van der Waals surface area contributed by atoms with Crippen LogP contribution in [0.25, 0.3) is 0 Å². The van der Waals surface area contributed by atoms with E-state index in [0.717, 1.165) is 36.7 Å². The summed E-state index contributed by atoms with van der Waals surface area (Å²) < 4.78 is 32.1. The lowest BCUT2D eigenvalue weighted by molar-refractivity contribution is 0.122. The minimum atomic E-state index is -0.799. The van der Waals surface area contributed by atoms with E-state index in [2.05, 4.69) is 25.3 Å². The highest BCUT2D eigenvalue weighted by molar-refractivity contribution is 5.89. The second kappa shape index (κ2) is 8.56. The van der Waals surface area contributed by atoms with E-state index in [0.29, 0.717) is 39.4 Å². The highest BCUT2D eigenvalue weighted by atomic mass is 19.1. The van der Waals surface area contributed by atoms with Crippen LogP contribution in [0.15, 0.2) is 30.5 Å². The molecular formula is C19H22F2N6O2. The highest BCUT2D eigenvalue weighted by Gasteiger charge is 2.23. The number of carbonyl (C=O) groups excluding carboxylic acids is 1. The number of anilines is 3. The number of urea groups is 1. The number of morpholine rings is 1. The number of carbonyl (C=O) groups is 1. The summed E-state index contributed by atoms with van der Waals surface area (Å²) >= 11 is 0. The molecule has 29 heavy (non-hydrogen) atoms. The number of rotatable bonds is 3. The second-order valence-corrected chi connectivity index (χ2v) is 6.90. The summed E-state index contributed by atoms with van der Waals surface area (Å²) in [5.74, 6) is -0.722. The average molecular weight is 404 g/mol. The van der Waals surface area contributed by atoms with E-state index in [9.17, 15) is 13.6 Å². The molecule has 2 aliphatic rings. The van der Waals surface area contributed by atoms with Crippen molar-refractivity contribution in [3.63, 3.8) is 0 Å². The number of amides is 2. The predicted molar refractivity (Wildman–Crippen MR) is 104 cm³/mol. The van der Waals surface area contributed by atoms with E-state index in [-0.39, 0.29) is 5.69 Å². The Balaban J connectivity index is 1.35. The molecule has 2 fully saturated rings. The molecule has 154 valence electrons. The van der Waals surface area contributed by atoms with Crippen LogP contribution in [-0.4, -0.2) is 73.6 Å². The Hall–Kier alpha value is -3.01. The highest BCUT2D eigenvalue weighted by Crippen LogP contribution is 2.21. The number of piperazine rings is 1. The molecule has 0 bridgehead atoms. The summed E-state index contributed by atoms with van der Waals surface area (Å²) in [7, 11) is 0. The lowest BCUT2D eigenvalue weighted by Crippen LogP contribution is -2.50. The molecule has 0 unspecified atom stereocenters. The zero-order chi connectivity index (χ0) is 20.2. The van der Waals surface area contributed by atoms with Crippen molar-refractivity contribution in [3.05, 3.63) is 42.1 Å². The van der Waals surface area contributed by atoms with Crippen molar-refractivity contribution in [2.75, 3.05) is 67.6 Å². The van der Waals surface area contributed by atoms with E-state index in [1.807, 2.05) is 6.07 Å². The molecule has 2 amide bonds. The third-order valence-electron chi connectivity index (χ3n) is 5.07. The Morgan fingerprint density at radius 2 is 1.76 bits per heavy atom. The Bertz CT molecular complexity index is 870. The lowest BCUT2D eigenvalue weighted by atomic mass is 10.3. The third-order valence-corrected chi connectivity index (χ3v) is 5.07. The minimum absolute atomic E-state index is 0.0390. The molecule has 4 rings (SSSR count). The topological polar surface area (TPSA) is 73.8 Å². The maximum absolute atomic E-state index is 13.7. The van der Waals surface area contributed by atoms with Crippen molar-refractivity contribution < 1.29 is 18.3 Å². The maximum Gasteiger partial charge on any atom is 0.322 e. The molecule has 3 heterocycles. The number of hydrogen-bond donors (Lipinski definition) is 1. The normalized spacial score (nSPS) is 17.4. The van der Waals surface area contributed by atoms with Gasteiger partial charge < -0.3 is 24.8 Å². The lowest BCUT2D eigenvalue weighted by Gasteiger charge is -2.35. The molecule has 0 radical (unpaired) electrons. The number of ether oxygens (including phenoxy) is 1. The first-order valence-corrected chi connectivity index (χ1v) is 9.51. The number of halogens is 2. The van der Waals surface area contributed by atoms with Gasteiger partial charge in [-0.1, -0.05) is 0 Å². The largest absolute Gasteiger partial charge is 0.378 e. The average Bonchev–Trinajstić information content (AvgIpc) is 2.76. The standard InChI is InChI=1S/C19H22F2N6O2/c20-14-1-2-17(16(21)11-14)23-19(28)27-5-3-26(4-6-27)18-12-15(13-22-24-18)25-7-9-29-10-8-25/h1-2,11-13H,3-10H2,(H,23,28). The Labute approximate surface area is 167 Å². The van der Waals surface area contributed by atoms with E-state index in [4.69, 9.17) is 4.74 Å². The predicted octanol–water partition coefficient (Wildman–Crippen LogP) is 1.95. The molecule has 1 aromatic heterocycles. The minimum Gasteiger partial charge on any atom is -0.378 e. The maximum atomic E-state index is 13.7. The second-order valence-electron chi connectivity index (χ2n) is 6.90. The fraction of sp³-hybridized carbons (Fsp3) is 0.421. The van der Waals surface area contributed by atoms with Crippen LogP contribution >= 0.6 is 0 Å². The van der Waals surface area contributed by atoms with Gasteiger partial charge >= 0.3 is 6.03 Å². The van der Waals surface area contributed by atoms with Gasteiger partial charge in [-0.2, -0.15) is 5.10 Å². The first-order chi connectivity index (χ1) is 14.1. The van der Waals surface area contributed by atoms with Crippen LogP contribution in [0.3, 0.4) is 0 Å². The van der Waals surface area contributed by atoms with Gasteiger partial charge in [0.2, 0.25) is 0 Å². The van der Waals surface area contributed by atoms with Crippen LogP contribution in [0.2, 0.25) is 0 Å². The number of nitrogens with one attached hydrogen (secondary N) is 1. The molecule has 2 aliphatic heterocycles. The van der Waals surface area contributed by atoms with E-state index < -0.39 is 17.7 Å². The van der Waals surface area contributed by atoms with Gasteiger partial charge in [-0.15, -0.1) is 5.10 Å².